The van der Waals surface area contributed by atoms with Crippen LogP contribution in [0.1, 0.15) is 25.8 Å². The van der Waals surface area contributed by atoms with E-state index in [1.165, 1.54) is 0 Å². The number of amides is 2. The van der Waals surface area contributed by atoms with Crippen molar-refractivity contribution in [2.45, 2.75) is 32.9 Å². The van der Waals surface area contributed by atoms with Crippen LogP contribution in [0.4, 0.5) is 5.82 Å². The Morgan fingerprint density at radius 1 is 1.36 bits per heavy atom. The standard InChI is InChI=1S/C18H26N4O3/c1-13(2)22-12-15(9-17(22)23)18(24)20-11-14-3-4-16(19-10-14)21-5-7-25-8-6-21/h3-4,10,13,15H,5-9,11-12H2,1-2H3,(H,20,24). The summed E-state index contributed by atoms with van der Waals surface area (Å²) in [6.45, 7) is 8.05. The number of rotatable bonds is 5. The molecule has 2 aliphatic heterocycles. The first-order chi connectivity index (χ1) is 12.0. The van der Waals surface area contributed by atoms with Crippen molar-refractivity contribution >= 4 is 17.6 Å². The lowest BCUT2D eigenvalue weighted by atomic mass is 10.1. The van der Waals surface area contributed by atoms with Crippen LogP contribution in [0, 0.1) is 5.92 Å². The molecule has 2 aliphatic rings. The Labute approximate surface area is 148 Å². The molecule has 2 amide bonds. The van der Waals surface area contributed by atoms with Crippen LogP contribution in [-0.4, -0.2) is 60.6 Å². The Bertz CT molecular complexity index is 611. The molecule has 2 fully saturated rings. The SMILES string of the molecule is CC(C)N1CC(C(=O)NCc2ccc(N3CCOCC3)nc2)CC1=O. The van der Waals surface area contributed by atoms with Gasteiger partial charge in [-0.05, 0) is 25.5 Å². The lowest BCUT2D eigenvalue weighted by Gasteiger charge is -2.27. The molecule has 1 atom stereocenters. The zero-order chi connectivity index (χ0) is 17.8. The molecule has 7 nitrogen and oxygen atoms in total. The molecule has 0 spiro atoms. The van der Waals surface area contributed by atoms with Gasteiger partial charge in [0, 0.05) is 44.8 Å². The molecule has 1 N–H and O–H groups in total. The summed E-state index contributed by atoms with van der Waals surface area (Å²) >= 11 is 0. The van der Waals surface area contributed by atoms with E-state index in [4.69, 9.17) is 4.74 Å². The van der Waals surface area contributed by atoms with Crippen molar-refractivity contribution in [2.75, 3.05) is 37.7 Å². The smallest absolute Gasteiger partial charge is 0.225 e. The van der Waals surface area contributed by atoms with E-state index < -0.39 is 0 Å². The number of nitrogens with one attached hydrogen (secondary N) is 1. The highest BCUT2D eigenvalue weighted by Crippen LogP contribution is 2.20. The maximum Gasteiger partial charge on any atom is 0.225 e. The molecule has 0 saturated carbocycles. The number of pyridine rings is 1. The monoisotopic (exact) mass is 346 g/mol. The molecule has 1 aromatic heterocycles. The van der Waals surface area contributed by atoms with E-state index in [-0.39, 0.29) is 23.8 Å². The number of anilines is 1. The van der Waals surface area contributed by atoms with Crippen molar-refractivity contribution in [3.8, 4) is 0 Å². The average molecular weight is 346 g/mol. The second-order valence-electron chi connectivity index (χ2n) is 6.88. The maximum absolute atomic E-state index is 12.3. The molecular formula is C18H26N4O3. The van der Waals surface area contributed by atoms with Gasteiger partial charge < -0.3 is 19.9 Å². The zero-order valence-corrected chi connectivity index (χ0v) is 14.9. The second kappa shape index (κ2) is 7.82. The van der Waals surface area contributed by atoms with Gasteiger partial charge in [0.1, 0.15) is 5.82 Å². The van der Waals surface area contributed by atoms with E-state index in [1.54, 1.807) is 11.1 Å². The van der Waals surface area contributed by atoms with Crippen LogP contribution in [0.15, 0.2) is 18.3 Å². The largest absolute Gasteiger partial charge is 0.378 e. The number of hydrogen-bond donors (Lipinski definition) is 1. The number of aromatic nitrogens is 1. The van der Waals surface area contributed by atoms with Crippen LogP contribution < -0.4 is 10.2 Å². The van der Waals surface area contributed by atoms with Crippen molar-refractivity contribution in [3.05, 3.63) is 23.9 Å². The first-order valence-electron chi connectivity index (χ1n) is 8.89. The van der Waals surface area contributed by atoms with E-state index >= 15 is 0 Å². The third-order valence-corrected chi connectivity index (χ3v) is 4.76. The summed E-state index contributed by atoms with van der Waals surface area (Å²) in [6, 6.07) is 4.10. The fourth-order valence-corrected chi connectivity index (χ4v) is 3.24. The van der Waals surface area contributed by atoms with Crippen molar-refractivity contribution in [1.29, 1.82) is 0 Å². The lowest BCUT2D eigenvalue weighted by Crippen LogP contribution is -2.36. The third kappa shape index (κ3) is 4.28. The molecule has 136 valence electrons. The van der Waals surface area contributed by atoms with Gasteiger partial charge in [-0.3, -0.25) is 9.59 Å². The summed E-state index contributed by atoms with van der Waals surface area (Å²) in [4.78, 5) is 32.7. The molecule has 0 aromatic carbocycles. The number of hydrogen-bond acceptors (Lipinski definition) is 5. The highest BCUT2D eigenvalue weighted by atomic mass is 16.5. The average Bonchev–Trinajstić information content (AvgIpc) is 3.03. The van der Waals surface area contributed by atoms with Gasteiger partial charge in [-0.2, -0.15) is 0 Å². The lowest BCUT2D eigenvalue weighted by molar-refractivity contribution is -0.130. The molecular weight excluding hydrogens is 320 g/mol. The van der Waals surface area contributed by atoms with Gasteiger partial charge in [0.05, 0.1) is 19.1 Å². The number of nitrogens with zero attached hydrogens (tertiary/aromatic N) is 3. The van der Waals surface area contributed by atoms with Crippen molar-refractivity contribution in [1.82, 2.24) is 15.2 Å². The predicted octanol–water partition coefficient (Wildman–Crippen LogP) is 0.791. The van der Waals surface area contributed by atoms with Crippen LogP contribution >= 0.6 is 0 Å². The normalized spacial score (nSPS) is 21.1. The maximum atomic E-state index is 12.3. The molecule has 25 heavy (non-hydrogen) atoms. The molecule has 0 aliphatic carbocycles. The summed E-state index contributed by atoms with van der Waals surface area (Å²) in [5, 5.41) is 2.93. The van der Waals surface area contributed by atoms with Crippen LogP contribution in [0.3, 0.4) is 0 Å². The molecule has 0 bridgehead atoms. The number of likely N-dealkylation sites (tertiary alicyclic amines) is 1. The molecule has 7 heteroatoms. The minimum Gasteiger partial charge on any atom is -0.378 e. The van der Waals surface area contributed by atoms with Gasteiger partial charge in [-0.15, -0.1) is 0 Å². The molecule has 1 unspecified atom stereocenters. The minimum atomic E-state index is -0.254. The highest BCUT2D eigenvalue weighted by molar-refractivity contribution is 5.89. The fraction of sp³-hybridized carbons (Fsp3) is 0.611. The summed E-state index contributed by atoms with van der Waals surface area (Å²) < 4.78 is 5.34. The minimum absolute atomic E-state index is 0.0613. The quantitative estimate of drug-likeness (QED) is 0.853. The number of carbonyl (C=O) groups excluding carboxylic acids is 2. The van der Waals surface area contributed by atoms with Crippen molar-refractivity contribution in [2.24, 2.45) is 5.92 Å². The Kier molecular flexibility index (Phi) is 5.53. The summed E-state index contributed by atoms with van der Waals surface area (Å²) in [7, 11) is 0. The van der Waals surface area contributed by atoms with Crippen LogP contribution in [0.5, 0.6) is 0 Å². The Balaban J connectivity index is 1.50. The van der Waals surface area contributed by atoms with Gasteiger partial charge >= 0.3 is 0 Å². The van der Waals surface area contributed by atoms with Crippen molar-refractivity contribution < 1.29 is 14.3 Å². The second-order valence-corrected chi connectivity index (χ2v) is 6.88. The fourth-order valence-electron chi connectivity index (χ4n) is 3.24. The third-order valence-electron chi connectivity index (χ3n) is 4.76. The number of morpholine rings is 1. The topological polar surface area (TPSA) is 74.8 Å². The predicted molar refractivity (Wildman–Crippen MR) is 94.1 cm³/mol. The zero-order valence-electron chi connectivity index (χ0n) is 14.9. The van der Waals surface area contributed by atoms with E-state index in [0.717, 1.165) is 37.7 Å². The Morgan fingerprint density at radius 2 is 2.12 bits per heavy atom. The molecule has 2 saturated heterocycles. The Morgan fingerprint density at radius 3 is 2.72 bits per heavy atom. The molecule has 1 aromatic rings. The Hall–Kier alpha value is -2.15. The van der Waals surface area contributed by atoms with Crippen LogP contribution in [0.2, 0.25) is 0 Å². The van der Waals surface area contributed by atoms with Crippen LogP contribution in [-0.2, 0) is 20.9 Å². The number of ether oxygens (including phenoxy) is 1. The first-order valence-corrected chi connectivity index (χ1v) is 8.89. The first kappa shape index (κ1) is 17.7. The van der Waals surface area contributed by atoms with Gasteiger partial charge in [-0.25, -0.2) is 4.98 Å². The van der Waals surface area contributed by atoms with E-state index in [2.05, 4.69) is 15.2 Å². The molecule has 0 radical (unpaired) electrons. The van der Waals surface area contributed by atoms with Gasteiger partial charge in [0.15, 0.2) is 0 Å². The van der Waals surface area contributed by atoms with Gasteiger partial charge in [-0.1, -0.05) is 6.07 Å². The van der Waals surface area contributed by atoms with Crippen molar-refractivity contribution in [3.63, 3.8) is 0 Å². The molecule has 3 rings (SSSR count). The van der Waals surface area contributed by atoms with E-state index in [9.17, 15) is 9.59 Å². The highest BCUT2D eigenvalue weighted by Gasteiger charge is 2.35. The molecule has 3 heterocycles. The van der Waals surface area contributed by atoms with E-state index in [0.29, 0.717) is 19.5 Å². The van der Waals surface area contributed by atoms with Crippen LogP contribution in [0.25, 0.3) is 0 Å². The van der Waals surface area contributed by atoms with Gasteiger partial charge in [0.25, 0.3) is 0 Å². The summed E-state index contributed by atoms with van der Waals surface area (Å²) in [6.07, 6.45) is 2.10. The summed E-state index contributed by atoms with van der Waals surface area (Å²) in [5.74, 6) is 0.684. The van der Waals surface area contributed by atoms with Gasteiger partial charge in [0.2, 0.25) is 11.8 Å². The number of carbonyl (C=O) groups is 2. The van der Waals surface area contributed by atoms with E-state index in [1.807, 2.05) is 26.0 Å². The summed E-state index contributed by atoms with van der Waals surface area (Å²) in [5.41, 5.74) is 0.954.